The Morgan fingerprint density at radius 2 is 1.40 bits per heavy atom. The standard InChI is InChI=1S/C12H26N3/c1-2-3-4-5-6-7-8-9-10-11-12(13)15-14/h12H,2-11,13H2,1H3/q+1. The van der Waals surface area contributed by atoms with Crippen molar-refractivity contribution in [1.82, 2.24) is 0 Å². The summed E-state index contributed by atoms with van der Waals surface area (Å²) in [4.78, 5) is 3.03. The van der Waals surface area contributed by atoms with Crippen molar-refractivity contribution in [3.05, 3.63) is 4.98 Å². The highest BCUT2D eigenvalue weighted by molar-refractivity contribution is 4.67. The van der Waals surface area contributed by atoms with Gasteiger partial charge in [-0.2, -0.15) is 0 Å². The third-order valence-electron chi connectivity index (χ3n) is 2.75. The monoisotopic (exact) mass is 212 g/mol. The molecule has 0 aliphatic heterocycles. The van der Waals surface area contributed by atoms with Crippen LogP contribution < -0.4 is 5.73 Å². The Balaban J connectivity index is 2.96. The molecule has 1 unspecified atom stereocenters. The third-order valence-corrected chi connectivity index (χ3v) is 2.75. The fourth-order valence-electron chi connectivity index (χ4n) is 1.72. The van der Waals surface area contributed by atoms with Crippen LogP contribution in [-0.4, -0.2) is 6.17 Å². The molecule has 3 heteroatoms. The molecule has 0 saturated heterocycles. The molecule has 0 heterocycles. The SMILES string of the molecule is CCCCCCCCCCCC(N)[N+]#N. The summed E-state index contributed by atoms with van der Waals surface area (Å²) in [5, 5.41) is 8.36. The fraction of sp³-hybridized carbons (Fsp3) is 1.00. The average Bonchev–Trinajstić information content (AvgIpc) is 2.26. The minimum absolute atomic E-state index is 0.366. The van der Waals surface area contributed by atoms with Gasteiger partial charge < -0.3 is 0 Å². The Hall–Kier alpha value is -0.620. The number of rotatable bonds is 10. The Morgan fingerprint density at radius 1 is 0.933 bits per heavy atom. The van der Waals surface area contributed by atoms with Gasteiger partial charge in [-0.05, 0) is 6.42 Å². The number of hydrogen-bond acceptors (Lipinski definition) is 2. The van der Waals surface area contributed by atoms with Crippen LogP contribution in [0.2, 0.25) is 0 Å². The molecule has 15 heavy (non-hydrogen) atoms. The van der Waals surface area contributed by atoms with Gasteiger partial charge in [0.05, 0.1) is 0 Å². The molecule has 0 aromatic heterocycles. The number of diazo groups is 1. The molecule has 0 aromatic rings. The van der Waals surface area contributed by atoms with Crippen molar-refractivity contribution < 1.29 is 0 Å². The molecule has 0 aromatic carbocycles. The first-order valence-electron chi connectivity index (χ1n) is 6.41. The first-order valence-corrected chi connectivity index (χ1v) is 6.41. The van der Waals surface area contributed by atoms with Gasteiger partial charge in [-0.3, -0.25) is 5.73 Å². The van der Waals surface area contributed by atoms with E-state index in [1.165, 1.54) is 51.4 Å². The highest BCUT2D eigenvalue weighted by Gasteiger charge is 2.10. The molecule has 0 saturated carbocycles. The summed E-state index contributed by atoms with van der Waals surface area (Å²) in [6.45, 7) is 2.25. The number of unbranched alkanes of at least 4 members (excludes halogenated alkanes) is 8. The van der Waals surface area contributed by atoms with Gasteiger partial charge in [0.15, 0.2) is 0 Å². The van der Waals surface area contributed by atoms with E-state index in [0.717, 1.165) is 12.8 Å². The third kappa shape index (κ3) is 11.3. The molecule has 0 rings (SSSR count). The van der Waals surface area contributed by atoms with Gasteiger partial charge >= 0.3 is 6.17 Å². The molecule has 2 N–H and O–H groups in total. The lowest BCUT2D eigenvalue weighted by molar-refractivity contribution is 0.545. The van der Waals surface area contributed by atoms with Crippen LogP contribution in [0.1, 0.15) is 71.1 Å². The van der Waals surface area contributed by atoms with Crippen molar-refractivity contribution in [3.8, 4) is 0 Å². The van der Waals surface area contributed by atoms with Crippen LogP contribution in [0.4, 0.5) is 0 Å². The maximum atomic E-state index is 8.36. The van der Waals surface area contributed by atoms with Gasteiger partial charge in [-0.1, -0.05) is 58.3 Å². The maximum Gasteiger partial charge on any atom is 0.366 e. The Bertz CT molecular complexity index is 163. The molecule has 0 aliphatic rings. The van der Waals surface area contributed by atoms with Crippen molar-refractivity contribution in [2.45, 2.75) is 77.3 Å². The summed E-state index contributed by atoms with van der Waals surface area (Å²) < 4.78 is 0. The van der Waals surface area contributed by atoms with Crippen LogP contribution in [0, 0.1) is 5.39 Å². The summed E-state index contributed by atoms with van der Waals surface area (Å²) in [7, 11) is 0. The summed E-state index contributed by atoms with van der Waals surface area (Å²) >= 11 is 0. The van der Waals surface area contributed by atoms with Crippen molar-refractivity contribution in [3.63, 3.8) is 0 Å². The summed E-state index contributed by atoms with van der Waals surface area (Å²) in [5.74, 6) is 0. The lowest BCUT2D eigenvalue weighted by atomic mass is 10.1. The van der Waals surface area contributed by atoms with Crippen LogP contribution in [-0.2, 0) is 0 Å². The summed E-state index contributed by atoms with van der Waals surface area (Å²) in [5.41, 5.74) is 5.45. The number of nitrogens with two attached hydrogens (primary N) is 1. The van der Waals surface area contributed by atoms with E-state index in [1.807, 2.05) is 0 Å². The van der Waals surface area contributed by atoms with E-state index in [0.29, 0.717) is 0 Å². The molecule has 0 amide bonds. The lowest BCUT2D eigenvalue weighted by Gasteiger charge is -2.00. The van der Waals surface area contributed by atoms with Gasteiger partial charge in [0, 0.05) is 6.42 Å². The van der Waals surface area contributed by atoms with E-state index in [9.17, 15) is 0 Å². The highest BCUT2D eigenvalue weighted by Crippen LogP contribution is 2.10. The quantitative estimate of drug-likeness (QED) is 0.439. The fourth-order valence-corrected chi connectivity index (χ4v) is 1.72. The second-order valence-electron chi connectivity index (χ2n) is 4.30. The van der Waals surface area contributed by atoms with Crippen LogP contribution in [0.5, 0.6) is 0 Å². The molecule has 0 radical (unpaired) electrons. The highest BCUT2D eigenvalue weighted by atomic mass is 15.0. The van der Waals surface area contributed by atoms with Gasteiger partial charge in [-0.15, -0.1) is 0 Å². The zero-order valence-corrected chi connectivity index (χ0v) is 10.1. The van der Waals surface area contributed by atoms with E-state index in [2.05, 4.69) is 11.9 Å². The molecule has 0 spiro atoms. The second-order valence-corrected chi connectivity index (χ2v) is 4.30. The Labute approximate surface area is 94.1 Å². The second kappa shape index (κ2) is 11.5. The van der Waals surface area contributed by atoms with Crippen LogP contribution >= 0.6 is 0 Å². The van der Waals surface area contributed by atoms with Crippen molar-refractivity contribution >= 4 is 0 Å². The predicted octanol–water partition coefficient (Wildman–Crippen LogP) is 4.05. The molecule has 0 fully saturated rings. The number of hydrogen-bond donors (Lipinski definition) is 1. The zero-order chi connectivity index (χ0) is 11.4. The molecular weight excluding hydrogens is 186 g/mol. The minimum atomic E-state index is -0.366. The van der Waals surface area contributed by atoms with Crippen LogP contribution in [0.25, 0.3) is 4.98 Å². The first kappa shape index (κ1) is 14.4. The minimum Gasteiger partial charge on any atom is -0.254 e. The average molecular weight is 212 g/mol. The molecule has 0 bridgehead atoms. The van der Waals surface area contributed by atoms with Gasteiger partial charge in [-0.25, -0.2) is 0 Å². The Morgan fingerprint density at radius 3 is 1.87 bits per heavy atom. The summed E-state index contributed by atoms with van der Waals surface area (Å²) in [6.07, 6.45) is 12.2. The maximum absolute atomic E-state index is 8.36. The normalized spacial score (nSPS) is 12.3. The largest absolute Gasteiger partial charge is 0.366 e. The van der Waals surface area contributed by atoms with Crippen molar-refractivity contribution in [2.24, 2.45) is 5.73 Å². The first-order chi connectivity index (χ1) is 7.31. The van der Waals surface area contributed by atoms with Gasteiger partial charge in [0.1, 0.15) is 4.98 Å². The summed E-state index contributed by atoms with van der Waals surface area (Å²) in [6, 6.07) is 0. The van der Waals surface area contributed by atoms with E-state index in [-0.39, 0.29) is 6.17 Å². The van der Waals surface area contributed by atoms with Crippen LogP contribution in [0.15, 0.2) is 0 Å². The van der Waals surface area contributed by atoms with E-state index in [4.69, 9.17) is 11.1 Å². The van der Waals surface area contributed by atoms with Gasteiger partial charge in [0.25, 0.3) is 0 Å². The Kier molecular flexibility index (Phi) is 11.0. The van der Waals surface area contributed by atoms with E-state index >= 15 is 0 Å². The zero-order valence-electron chi connectivity index (χ0n) is 10.1. The predicted molar refractivity (Wildman–Crippen MR) is 64.9 cm³/mol. The van der Waals surface area contributed by atoms with Crippen molar-refractivity contribution in [1.29, 1.82) is 5.39 Å². The van der Waals surface area contributed by atoms with E-state index in [1.54, 1.807) is 0 Å². The lowest BCUT2D eigenvalue weighted by Crippen LogP contribution is -2.13. The molecule has 88 valence electrons. The van der Waals surface area contributed by atoms with E-state index < -0.39 is 0 Å². The molecule has 0 aliphatic carbocycles. The molecular formula is C12H26N3+. The number of nitrogens with zero attached hydrogens (tertiary/aromatic N) is 2. The topological polar surface area (TPSA) is 54.2 Å². The smallest absolute Gasteiger partial charge is 0.254 e. The molecule has 3 nitrogen and oxygen atoms in total. The molecule has 1 atom stereocenters. The van der Waals surface area contributed by atoms with Gasteiger partial charge in [0.2, 0.25) is 5.39 Å². The van der Waals surface area contributed by atoms with Crippen molar-refractivity contribution in [2.75, 3.05) is 0 Å². The van der Waals surface area contributed by atoms with Crippen LogP contribution in [0.3, 0.4) is 0 Å².